The van der Waals surface area contributed by atoms with Crippen LogP contribution in [0.3, 0.4) is 0 Å². The van der Waals surface area contributed by atoms with Gasteiger partial charge in [-0.15, -0.1) is 0 Å². The van der Waals surface area contributed by atoms with Crippen molar-refractivity contribution in [3.63, 3.8) is 0 Å². The average Bonchev–Trinajstić information content (AvgIpc) is 2.48. The number of benzene rings is 1. The molecule has 0 aliphatic carbocycles. The first-order chi connectivity index (χ1) is 9.69. The van der Waals surface area contributed by atoms with Crippen molar-refractivity contribution in [2.45, 2.75) is 6.42 Å². The van der Waals surface area contributed by atoms with Gasteiger partial charge in [-0.3, -0.25) is 0 Å². The zero-order chi connectivity index (χ0) is 14.5. The fourth-order valence-electron chi connectivity index (χ4n) is 1.78. The minimum Gasteiger partial charge on any atom is -0.422 e. The second-order valence-electron chi connectivity index (χ2n) is 4.05. The summed E-state index contributed by atoms with van der Waals surface area (Å²) >= 11 is 0. The number of fused-ring (bicyclic) bond motifs is 1. The maximum atomic E-state index is 11.9. The summed E-state index contributed by atoms with van der Waals surface area (Å²) in [6.07, 6.45) is -0.146. The highest BCUT2D eigenvalue weighted by molar-refractivity contribution is 6.02. The van der Waals surface area contributed by atoms with Crippen LogP contribution in [0.2, 0.25) is 0 Å². The molecule has 0 aliphatic heterocycles. The van der Waals surface area contributed by atoms with E-state index in [1.54, 1.807) is 36.4 Å². The lowest BCUT2D eigenvalue weighted by Crippen LogP contribution is -2.17. The highest BCUT2D eigenvalue weighted by Gasteiger charge is 2.17. The molecule has 1 aromatic heterocycles. The number of para-hydroxylation sites is 1. The van der Waals surface area contributed by atoms with Gasteiger partial charge in [0.2, 0.25) is 0 Å². The Labute approximate surface area is 113 Å². The van der Waals surface area contributed by atoms with Crippen LogP contribution >= 0.6 is 0 Å². The third kappa shape index (κ3) is 2.50. The number of nitrogens with zero attached hydrogens (tertiary/aromatic N) is 3. The summed E-state index contributed by atoms with van der Waals surface area (Å²) < 4.78 is 5.11. The van der Waals surface area contributed by atoms with Crippen molar-refractivity contribution in [3.05, 3.63) is 46.3 Å². The number of oxime groups is 1. The molecule has 1 aromatic carbocycles. The highest BCUT2D eigenvalue weighted by atomic mass is 16.4. The van der Waals surface area contributed by atoms with Gasteiger partial charge in [0.25, 0.3) is 0 Å². The normalized spacial score (nSPS) is 11.2. The van der Waals surface area contributed by atoms with E-state index in [-0.39, 0.29) is 17.7 Å². The van der Waals surface area contributed by atoms with E-state index in [9.17, 15) is 4.79 Å². The number of hydrogen-bond donors (Lipinski definition) is 1. The van der Waals surface area contributed by atoms with Crippen LogP contribution in [-0.4, -0.2) is 10.9 Å². The van der Waals surface area contributed by atoms with Crippen molar-refractivity contribution in [1.29, 1.82) is 10.5 Å². The molecule has 0 saturated heterocycles. The zero-order valence-electron chi connectivity index (χ0n) is 10.3. The Morgan fingerprint density at radius 1 is 1.35 bits per heavy atom. The molecule has 0 amide bonds. The molecule has 2 aromatic rings. The molecule has 0 atom stereocenters. The first-order valence-electron chi connectivity index (χ1n) is 5.73. The summed E-state index contributed by atoms with van der Waals surface area (Å²) in [5, 5.41) is 30.2. The van der Waals surface area contributed by atoms with Gasteiger partial charge < -0.3 is 9.62 Å². The molecular weight excluding hydrogens is 258 g/mol. The van der Waals surface area contributed by atoms with Gasteiger partial charge in [0, 0.05) is 11.8 Å². The van der Waals surface area contributed by atoms with E-state index in [4.69, 9.17) is 20.1 Å². The molecule has 20 heavy (non-hydrogen) atoms. The monoisotopic (exact) mass is 267 g/mol. The third-order valence-electron chi connectivity index (χ3n) is 2.78. The van der Waals surface area contributed by atoms with Crippen molar-refractivity contribution in [2.75, 3.05) is 0 Å². The molecule has 6 heteroatoms. The van der Waals surface area contributed by atoms with E-state index >= 15 is 0 Å². The zero-order valence-corrected chi connectivity index (χ0v) is 10.3. The van der Waals surface area contributed by atoms with Crippen LogP contribution in [0, 0.1) is 28.6 Å². The standard InChI is InChI=1S/C14H9N3O3/c15-7-9(8-16)5-12(17-19)11-6-10-3-1-2-4-13(10)20-14(11)18/h1-4,6,9,19H,5H2/b17-12-. The van der Waals surface area contributed by atoms with Crippen LogP contribution in [0.5, 0.6) is 0 Å². The summed E-state index contributed by atoms with van der Waals surface area (Å²) in [5.74, 6) is -0.994. The lowest BCUT2D eigenvalue weighted by Gasteiger charge is -2.04. The Balaban J connectivity index is 2.51. The average molecular weight is 267 g/mol. The summed E-state index contributed by atoms with van der Waals surface area (Å²) in [4.78, 5) is 11.9. The van der Waals surface area contributed by atoms with Crippen molar-refractivity contribution in [2.24, 2.45) is 11.1 Å². The Hall–Kier alpha value is -3.12. The lowest BCUT2D eigenvalue weighted by molar-refractivity contribution is 0.317. The van der Waals surface area contributed by atoms with Gasteiger partial charge in [-0.25, -0.2) is 4.79 Å². The van der Waals surface area contributed by atoms with Gasteiger partial charge in [-0.2, -0.15) is 10.5 Å². The van der Waals surface area contributed by atoms with Gasteiger partial charge in [0.15, 0.2) is 0 Å². The van der Waals surface area contributed by atoms with Crippen LogP contribution in [0.15, 0.2) is 44.7 Å². The number of nitriles is 2. The number of rotatable bonds is 3. The topological polar surface area (TPSA) is 110 Å². The van der Waals surface area contributed by atoms with Gasteiger partial charge in [0.05, 0.1) is 23.4 Å². The highest BCUT2D eigenvalue weighted by Crippen LogP contribution is 2.15. The molecule has 1 N–H and O–H groups in total. The van der Waals surface area contributed by atoms with Crippen LogP contribution in [-0.2, 0) is 0 Å². The van der Waals surface area contributed by atoms with Crippen LogP contribution in [0.1, 0.15) is 12.0 Å². The largest absolute Gasteiger partial charge is 0.422 e. The minimum atomic E-state index is -0.994. The first-order valence-corrected chi connectivity index (χ1v) is 5.73. The predicted octanol–water partition coefficient (Wildman–Crippen LogP) is 2.02. The summed E-state index contributed by atoms with van der Waals surface area (Å²) in [6, 6.07) is 11.9. The molecule has 0 saturated carbocycles. The van der Waals surface area contributed by atoms with E-state index in [2.05, 4.69) is 5.16 Å². The fourth-order valence-corrected chi connectivity index (χ4v) is 1.78. The fraction of sp³-hybridized carbons (Fsp3) is 0.143. The third-order valence-corrected chi connectivity index (χ3v) is 2.78. The molecule has 6 nitrogen and oxygen atoms in total. The van der Waals surface area contributed by atoms with Gasteiger partial charge in [0.1, 0.15) is 11.5 Å². The molecular formula is C14H9N3O3. The molecule has 98 valence electrons. The molecule has 2 rings (SSSR count). The van der Waals surface area contributed by atoms with Crippen LogP contribution < -0.4 is 5.63 Å². The minimum absolute atomic E-state index is 0.0432. The lowest BCUT2D eigenvalue weighted by atomic mass is 10.00. The smallest absolute Gasteiger partial charge is 0.345 e. The number of hydrogen-bond acceptors (Lipinski definition) is 6. The summed E-state index contributed by atoms with van der Waals surface area (Å²) in [7, 11) is 0. The Morgan fingerprint density at radius 3 is 2.70 bits per heavy atom. The molecule has 0 spiro atoms. The van der Waals surface area contributed by atoms with Gasteiger partial charge in [-0.1, -0.05) is 23.4 Å². The van der Waals surface area contributed by atoms with E-state index in [0.717, 1.165) is 0 Å². The van der Waals surface area contributed by atoms with E-state index in [1.165, 1.54) is 6.07 Å². The quantitative estimate of drug-likeness (QED) is 0.396. The van der Waals surface area contributed by atoms with Crippen LogP contribution in [0.4, 0.5) is 0 Å². The Morgan fingerprint density at radius 2 is 2.05 bits per heavy atom. The van der Waals surface area contributed by atoms with E-state index in [1.807, 2.05) is 0 Å². The summed E-state index contributed by atoms with van der Waals surface area (Å²) in [6.45, 7) is 0. The SMILES string of the molecule is N#CC(C#N)C/C(=N/O)c1cc2ccccc2oc1=O. The van der Waals surface area contributed by atoms with Crippen molar-refractivity contribution in [1.82, 2.24) is 0 Å². The summed E-state index contributed by atoms with van der Waals surface area (Å²) in [5.41, 5.74) is -0.263. The second kappa shape index (κ2) is 5.68. The predicted molar refractivity (Wildman–Crippen MR) is 70.1 cm³/mol. The van der Waals surface area contributed by atoms with Crippen molar-refractivity contribution >= 4 is 16.7 Å². The maximum absolute atomic E-state index is 11.9. The van der Waals surface area contributed by atoms with E-state index < -0.39 is 11.5 Å². The molecule has 0 bridgehead atoms. The van der Waals surface area contributed by atoms with Crippen molar-refractivity contribution in [3.8, 4) is 12.1 Å². The first kappa shape index (κ1) is 13.3. The van der Waals surface area contributed by atoms with Gasteiger partial charge >= 0.3 is 5.63 Å². The van der Waals surface area contributed by atoms with Gasteiger partial charge in [-0.05, 0) is 12.1 Å². The maximum Gasteiger partial charge on any atom is 0.345 e. The molecule has 0 aliphatic rings. The van der Waals surface area contributed by atoms with Crippen molar-refractivity contribution < 1.29 is 9.62 Å². The molecule has 1 heterocycles. The molecule has 0 unspecified atom stereocenters. The van der Waals surface area contributed by atoms with Crippen LogP contribution in [0.25, 0.3) is 11.0 Å². The molecule has 0 radical (unpaired) electrons. The second-order valence-corrected chi connectivity index (χ2v) is 4.05. The molecule has 0 fully saturated rings. The van der Waals surface area contributed by atoms with E-state index in [0.29, 0.717) is 11.0 Å². The Bertz CT molecular complexity index is 795. The Kier molecular flexibility index (Phi) is 3.78.